The van der Waals surface area contributed by atoms with Crippen molar-refractivity contribution in [3.63, 3.8) is 0 Å². The minimum absolute atomic E-state index is 0.206. The van der Waals surface area contributed by atoms with Gasteiger partial charge in [-0.15, -0.1) is 0 Å². The van der Waals surface area contributed by atoms with Crippen LogP contribution in [0.3, 0.4) is 0 Å². The number of rotatable bonds is 6. The van der Waals surface area contributed by atoms with Gasteiger partial charge in [0.05, 0.1) is 6.26 Å². The van der Waals surface area contributed by atoms with Crippen LogP contribution in [0.1, 0.15) is 27.7 Å². The summed E-state index contributed by atoms with van der Waals surface area (Å²) in [5, 5.41) is 12.0. The first kappa shape index (κ1) is 19.7. The molecule has 0 amide bonds. The number of hydrogen-bond acceptors (Lipinski definition) is 7. The summed E-state index contributed by atoms with van der Waals surface area (Å²) in [4.78, 5) is 23.7. The van der Waals surface area contributed by atoms with Crippen LogP contribution in [0.25, 0.3) is 21.9 Å². The summed E-state index contributed by atoms with van der Waals surface area (Å²) in [5.74, 6) is -0.308. The molecule has 7 nitrogen and oxygen atoms in total. The zero-order chi connectivity index (χ0) is 20.5. The molecule has 3 aromatic rings. The second-order valence-corrected chi connectivity index (χ2v) is 7.01. The average molecular weight is 386 g/mol. The van der Waals surface area contributed by atoms with Crippen LogP contribution in [0.4, 0.5) is 0 Å². The van der Waals surface area contributed by atoms with Gasteiger partial charge in [0.2, 0.25) is 5.75 Å². The minimum Gasteiger partial charge on any atom is -0.483 e. The Morgan fingerprint density at radius 1 is 1.25 bits per heavy atom. The van der Waals surface area contributed by atoms with Crippen LogP contribution in [0, 0.1) is 0 Å². The van der Waals surface area contributed by atoms with Crippen LogP contribution in [0.5, 0.6) is 5.75 Å². The fourth-order valence-electron chi connectivity index (χ4n) is 2.61. The molecular weight excluding hydrogens is 364 g/mol. The van der Waals surface area contributed by atoms with Crippen LogP contribution in [-0.2, 0) is 9.53 Å². The Morgan fingerprint density at radius 3 is 2.68 bits per heavy atom. The highest BCUT2D eigenvalue weighted by Crippen LogP contribution is 2.35. The monoisotopic (exact) mass is 386 g/mol. The predicted molar refractivity (Wildman–Crippen MR) is 103 cm³/mol. The van der Waals surface area contributed by atoms with Gasteiger partial charge < -0.3 is 23.4 Å². The van der Waals surface area contributed by atoms with E-state index in [1.807, 2.05) is 6.07 Å². The zero-order valence-corrected chi connectivity index (χ0v) is 16.1. The van der Waals surface area contributed by atoms with Crippen molar-refractivity contribution in [2.24, 2.45) is 0 Å². The Bertz CT molecular complexity index is 1100. The molecule has 0 fully saturated rings. The van der Waals surface area contributed by atoms with Gasteiger partial charge in [0.1, 0.15) is 18.3 Å². The maximum absolute atomic E-state index is 12.0. The summed E-state index contributed by atoms with van der Waals surface area (Å²) in [5.41, 5.74) is -0.667. The SMILES string of the molecule is C/C=C(/C)C(=O)OC(C)(C)[C@H](O)COc1c2occc2cc2ccc(=O)oc12. The lowest BCUT2D eigenvalue weighted by molar-refractivity contribution is -0.164. The lowest BCUT2D eigenvalue weighted by Gasteiger charge is -2.30. The average Bonchev–Trinajstić information content (AvgIpc) is 3.12. The number of ether oxygens (including phenoxy) is 2. The molecule has 0 aliphatic rings. The van der Waals surface area contributed by atoms with Crippen molar-refractivity contribution >= 4 is 27.9 Å². The predicted octanol–water partition coefficient (Wildman–Crippen LogP) is 3.57. The smallest absolute Gasteiger partial charge is 0.336 e. The number of hydrogen-bond donors (Lipinski definition) is 1. The summed E-state index contributed by atoms with van der Waals surface area (Å²) in [6.07, 6.45) is 1.99. The molecule has 0 spiro atoms. The van der Waals surface area contributed by atoms with Crippen LogP contribution < -0.4 is 10.4 Å². The summed E-state index contributed by atoms with van der Waals surface area (Å²) in [7, 11) is 0. The molecule has 2 aromatic heterocycles. The standard InChI is InChI=1S/C21H22O7/c1-5-12(2)20(24)28-21(3,4)15(22)11-26-19-17-14(8-9-25-17)10-13-6-7-16(23)27-18(13)19/h5-10,15,22H,11H2,1-4H3/b12-5-/t15-/m1/s1. The van der Waals surface area contributed by atoms with Gasteiger partial charge in [-0.3, -0.25) is 0 Å². The topological polar surface area (TPSA) is 99.1 Å². The van der Waals surface area contributed by atoms with Crippen molar-refractivity contribution in [2.75, 3.05) is 6.61 Å². The molecule has 3 rings (SSSR count). The normalized spacial score (nSPS) is 13.7. The highest BCUT2D eigenvalue weighted by atomic mass is 16.6. The van der Waals surface area contributed by atoms with Gasteiger partial charge in [0.15, 0.2) is 11.2 Å². The fraction of sp³-hybridized carbons (Fsp3) is 0.333. The molecule has 0 aliphatic carbocycles. The van der Waals surface area contributed by atoms with E-state index in [1.165, 1.54) is 12.3 Å². The lowest BCUT2D eigenvalue weighted by Crippen LogP contribution is -2.44. The summed E-state index contributed by atoms with van der Waals surface area (Å²) in [6.45, 7) is 6.34. The molecule has 0 unspecified atom stereocenters. The van der Waals surface area contributed by atoms with Crippen molar-refractivity contribution in [1.82, 2.24) is 0 Å². The van der Waals surface area contributed by atoms with Gasteiger partial charge in [0.25, 0.3) is 0 Å². The van der Waals surface area contributed by atoms with Crippen molar-refractivity contribution in [3.05, 3.63) is 52.6 Å². The molecule has 1 N–H and O–H groups in total. The number of esters is 1. The maximum Gasteiger partial charge on any atom is 0.336 e. The fourth-order valence-corrected chi connectivity index (χ4v) is 2.61. The Kier molecular flexibility index (Phi) is 5.29. The van der Waals surface area contributed by atoms with Gasteiger partial charge in [-0.05, 0) is 45.9 Å². The second kappa shape index (κ2) is 7.52. The van der Waals surface area contributed by atoms with E-state index >= 15 is 0 Å². The number of carbonyl (C=O) groups is 1. The summed E-state index contributed by atoms with van der Waals surface area (Å²) >= 11 is 0. The highest BCUT2D eigenvalue weighted by molar-refractivity contribution is 5.99. The van der Waals surface area contributed by atoms with Crippen LogP contribution >= 0.6 is 0 Å². The third-order valence-corrected chi connectivity index (χ3v) is 4.58. The third kappa shape index (κ3) is 3.80. The summed E-state index contributed by atoms with van der Waals surface area (Å²) < 4.78 is 21.9. The molecule has 148 valence electrons. The number of allylic oxidation sites excluding steroid dienone is 1. The van der Waals surface area contributed by atoms with Crippen molar-refractivity contribution in [1.29, 1.82) is 0 Å². The molecule has 0 bridgehead atoms. The molecule has 0 aliphatic heterocycles. The largest absolute Gasteiger partial charge is 0.483 e. The van der Waals surface area contributed by atoms with Crippen LogP contribution in [0.15, 0.2) is 55.8 Å². The van der Waals surface area contributed by atoms with E-state index in [1.54, 1.807) is 45.9 Å². The molecule has 2 heterocycles. The van der Waals surface area contributed by atoms with E-state index in [2.05, 4.69) is 0 Å². The first-order chi connectivity index (χ1) is 13.2. The number of aliphatic hydroxyl groups excluding tert-OH is 1. The van der Waals surface area contributed by atoms with E-state index < -0.39 is 23.3 Å². The molecule has 1 aromatic carbocycles. The quantitative estimate of drug-likeness (QED) is 0.393. The minimum atomic E-state index is -1.20. The van der Waals surface area contributed by atoms with Crippen LogP contribution in [0.2, 0.25) is 0 Å². The summed E-state index contributed by atoms with van der Waals surface area (Å²) in [6, 6.07) is 6.52. The van der Waals surface area contributed by atoms with Gasteiger partial charge in [-0.2, -0.15) is 0 Å². The maximum atomic E-state index is 12.0. The number of furan rings is 1. The molecule has 1 atom stereocenters. The first-order valence-electron chi connectivity index (χ1n) is 8.84. The number of aliphatic hydroxyl groups is 1. The second-order valence-electron chi connectivity index (χ2n) is 7.01. The molecular formula is C21H22O7. The number of carbonyl (C=O) groups excluding carboxylic acids is 1. The first-order valence-corrected chi connectivity index (χ1v) is 8.84. The zero-order valence-electron chi connectivity index (χ0n) is 16.1. The molecule has 0 saturated carbocycles. The van der Waals surface area contributed by atoms with Gasteiger partial charge in [-0.1, -0.05) is 6.08 Å². The van der Waals surface area contributed by atoms with Crippen molar-refractivity contribution in [3.8, 4) is 5.75 Å². The molecule has 28 heavy (non-hydrogen) atoms. The Morgan fingerprint density at radius 2 is 1.96 bits per heavy atom. The Labute approximate surface area is 161 Å². The van der Waals surface area contributed by atoms with Gasteiger partial charge in [0, 0.05) is 22.4 Å². The number of benzene rings is 1. The van der Waals surface area contributed by atoms with E-state index in [-0.39, 0.29) is 17.9 Å². The van der Waals surface area contributed by atoms with Gasteiger partial charge in [-0.25, -0.2) is 9.59 Å². The highest BCUT2D eigenvalue weighted by Gasteiger charge is 2.33. The van der Waals surface area contributed by atoms with E-state index in [9.17, 15) is 14.7 Å². The van der Waals surface area contributed by atoms with Gasteiger partial charge >= 0.3 is 11.6 Å². The van der Waals surface area contributed by atoms with Crippen molar-refractivity contribution < 1.29 is 28.2 Å². The van der Waals surface area contributed by atoms with E-state index in [0.29, 0.717) is 16.5 Å². The number of fused-ring (bicyclic) bond motifs is 2. The molecule has 0 radical (unpaired) electrons. The third-order valence-electron chi connectivity index (χ3n) is 4.58. The van der Waals surface area contributed by atoms with Crippen LogP contribution in [-0.4, -0.2) is 29.4 Å². The molecule has 0 saturated heterocycles. The lowest BCUT2D eigenvalue weighted by atomic mass is 10.0. The Hall–Kier alpha value is -3.06. The Balaban J connectivity index is 1.88. The van der Waals surface area contributed by atoms with E-state index in [0.717, 1.165) is 5.39 Å². The molecule has 7 heteroatoms. The van der Waals surface area contributed by atoms with E-state index in [4.69, 9.17) is 18.3 Å². The van der Waals surface area contributed by atoms with Crippen molar-refractivity contribution in [2.45, 2.75) is 39.4 Å².